The van der Waals surface area contributed by atoms with Crippen LogP contribution in [-0.4, -0.2) is 59.4 Å². The van der Waals surface area contributed by atoms with Gasteiger partial charge in [-0.1, -0.05) is 12.1 Å². The van der Waals surface area contributed by atoms with E-state index >= 15 is 0 Å². The molecule has 2 aliphatic rings. The number of likely N-dealkylation sites (tertiary alicyclic amines) is 1. The molecule has 0 spiro atoms. The van der Waals surface area contributed by atoms with Crippen LogP contribution in [0.25, 0.3) is 0 Å². The van der Waals surface area contributed by atoms with Gasteiger partial charge in [0.05, 0.1) is 5.92 Å². The summed E-state index contributed by atoms with van der Waals surface area (Å²) >= 11 is 1.38. The van der Waals surface area contributed by atoms with Crippen LogP contribution in [-0.2, 0) is 11.2 Å². The number of nitrogens with one attached hydrogen (secondary N) is 1. The predicted octanol–water partition coefficient (Wildman–Crippen LogP) is 2.70. The fourth-order valence-electron chi connectivity index (χ4n) is 4.08. The van der Waals surface area contributed by atoms with Crippen molar-refractivity contribution >= 4 is 22.6 Å². The van der Waals surface area contributed by atoms with Crippen molar-refractivity contribution in [2.45, 2.75) is 32.1 Å². The molecule has 1 unspecified atom stereocenters. The van der Waals surface area contributed by atoms with Gasteiger partial charge in [-0.05, 0) is 56.5 Å². The zero-order valence-electron chi connectivity index (χ0n) is 16.6. The smallest absolute Gasteiger partial charge is 0.224 e. The number of benzene rings is 1. The molecule has 0 aliphatic carbocycles. The average molecular weight is 418 g/mol. The van der Waals surface area contributed by atoms with E-state index in [4.69, 9.17) is 0 Å². The highest BCUT2D eigenvalue weighted by Gasteiger charge is 2.27. The molecule has 2 fully saturated rings. The molecule has 0 radical (unpaired) electrons. The first kappa shape index (κ1) is 20.2. The summed E-state index contributed by atoms with van der Waals surface area (Å²) in [7, 11) is 0. The lowest BCUT2D eigenvalue weighted by atomic mass is 9.97. The van der Waals surface area contributed by atoms with E-state index in [2.05, 4.69) is 24.5 Å². The molecule has 2 saturated heterocycles. The first-order chi connectivity index (χ1) is 14.2. The lowest BCUT2D eigenvalue weighted by molar-refractivity contribution is -0.125. The Bertz CT molecular complexity index is 806. The summed E-state index contributed by atoms with van der Waals surface area (Å²) in [6.07, 6.45) is 5.04. The molecule has 2 aromatic rings. The second kappa shape index (κ2) is 9.63. The molecule has 2 aliphatic heterocycles. The van der Waals surface area contributed by atoms with E-state index in [-0.39, 0.29) is 17.6 Å². The minimum absolute atomic E-state index is 0.00627. The van der Waals surface area contributed by atoms with Gasteiger partial charge in [-0.3, -0.25) is 4.79 Å². The topological polar surface area (TPSA) is 61.4 Å². The van der Waals surface area contributed by atoms with Crippen molar-refractivity contribution in [1.82, 2.24) is 19.6 Å². The summed E-state index contributed by atoms with van der Waals surface area (Å²) in [5.41, 5.74) is 0.990. The van der Waals surface area contributed by atoms with Crippen LogP contribution in [0.1, 0.15) is 37.1 Å². The van der Waals surface area contributed by atoms with Crippen LogP contribution >= 0.6 is 11.5 Å². The molecule has 6 nitrogen and oxygen atoms in total. The molecule has 0 saturated carbocycles. The molecule has 1 amide bonds. The van der Waals surface area contributed by atoms with E-state index < -0.39 is 0 Å². The molecule has 156 valence electrons. The monoisotopic (exact) mass is 417 g/mol. The van der Waals surface area contributed by atoms with Gasteiger partial charge in [0.1, 0.15) is 11.6 Å². The second-order valence-corrected chi connectivity index (χ2v) is 8.65. The number of anilines is 1. The van der Waals surface area contributed by atoms with Crippen molar-refractivity contribution in [1.29, 1.82) is 0 Å². The van der Waals surface area contributed by atoms with Crippen molar-refractivity contribution in [2.75, 3.05) is 44.2 Å². The fraction of sp³-hybridized carbons (Fsp3) is 0.571. The number of aromatic nitrogens is 2. The second-order valence-electron chi connectivity index (χ2n) is 7.92. The summed E-state index contributed by atoms with van der Waals surface area (Å²) in [5, 5.41) is 4.00. The van der Waals surface area contributed by atoms with Gasteiger partial charge in [0.15, 0.2) is 0 Å². The Balaban J connectivity index is 1.28. The average Bonchev–Trinajstić information content (AvgIpc) is 3.42. The summed E-state index contributed by atoms with van der Waals surface area (Å²) < 4.78 is 17.5. The maximum absolute atomic E-state index is 13.1. The molecule has 1 aromatic carbocycles. The van der Waals surface area contributed by atoms with Crippen LogP contribution in [0, 0.1) is 11.7 Å². The highest BCUT2D eigenvalue weighted by Crippen LogP contribution is 2.25. The molecule has 8 heteroatoms. The first-order valence-electron chi connectivity index (χ1n) is 10.5. The number of piperidine rings is 1. The number of rotatable bonds is 7. The van der Waals surface area contributed by atoms with Gasteiger partial charge in [0, 0.05) is 44.1 Å². The van der Waals surface area contributed by atoms with E-state index in [9.17, 15) is 9.18 Å². The van der Waals surface area contributed by atoms with Gasteiger partial charge in [-0.2, -0.15) is 4.37 Å². The number of hydrogen-bond acceptors (Lipinski definition) is 6. The normalized spacial score (nSPS) is 20.2. The number of amides is 1. The summed E-state index contributed by atoms with van der Waals surface area (Å²) in [6.45, 7) is 5.60. The van der Waals surface area contributed by atoms with Crippen LogP contribution in [0.15, 0.2) is 24.3 Å². The number of carbonyl (C=O) groups excluding carboxylic acids is 1. The Morgan fingerprint density at radius 1 is 1.17 bits per heavy atom. The minimum atomic E-state index is -0.237. The van der Waals surface area contributed by atoms with Gasteiger partial charge >= 0.3 is 0 Å². The number of hydrogen-bond donors (Lipinski definition) is 1. The number of halogens is 1. The van der Waals surface area contributed by atoms with Crippen LogP contribution in [0.4, 0.5) is 9.52 Å². The molecule has 3 heterocycles. The third-order valence-corrected chi connectivity index (χ3v) is 6.54. The van der Waals surface area contributed by atoms with E-state index in [0.717, 1.165) is 62.1 Å². The molecular formula is C21H28FN5OS. The van der Waals surface area contributed by atoms with Crippen molar-refractivity contribution in [3.63, 3.8) is 0 Å². The van der Waals surface area contributed by atoms with Crippen molar-refractivity contribution < 1.29 is 9.18 Å². The number of carbonyl (C=O) groups is 1. The Hall–Kier alpha value is -2.06. The standard InChI is InChI=1S/C21H28FN5OS/c22-18-7-5-16(6-8-18)14-19-24-21(29-25-19)27-12-3-4-17(15-27)20(28)23-9-13-26-10-1-2-11-26/h5-8,17H,1-4,9-15H2,(H,23,28). The third-order valence-electron chi connectivity index (χ3n) is 5.72. The SMILES string of the molecule is O=C(NCCN1CCCC1)C1CCCN(c2nc(Cc3ccc(F)cc3)ns2)C1. The van der Waals surface area contributed by atoms with Crippen molar-refractivity contribution in [3.8, 4) is 0 Å². The minimum Gasteiger partial charge on any atom is -0.355 e. The Labute approximate surface area is 175 Å². The maximum Gasteiger partial charge on any atom is 0.224 e. The molecule has 1 N–H and O–H groups in total. The Kier molecular flexibility index (Phi) is 6.71. The van der Waals surface area contributed by atoms with Crippen LogP contribution in [0.3, 0.4) is 0 Å². The quantitative estimate of drug-likeness (QED) is 0.751. The summed E-state index contributed by atoms with van der Waals surface area (Å²) in [6, 6.07) is 6.44. The van der Waals surface area contributed by atoms with E-state index in [0.29, 0.717) is 13.0 Å². The fourth-order valence-corrected chi connectivity index (χ4v) is 4.80. The van der Waals surface area contributed by atoms with Crippen LogP contribution in [0.2, 0.25) is 0 Å². The van der Waals surface area contributed by atoms with Gasteiger partial charge in [0.25, 0.3) is 0 Å². The molecule has 1 atom stereocenters. The molecular weight excluding hydrogens is 389 g/mol. The Morgan fingerprint density at radius 3 is 2.76 bits per heavy atom. The molecule has 4 rings (SSSR count). The number of nitrogens with zero attached hydrogens (tertiary/aromatic N) is 4. The molecule has 1 aromatic heterocycles. The Morgan fingerprint density at radius 2 is 1.97 bits per heavy atom. The summed E-state index contributed by atoms with van der Waals surface area (Å²) in [4.78, 5) is 21.9. The van der Waals surface area contributed by atoms with Gasteiger partial charge in [-0.15, -0.1) is 0 Å². The van der Waals surface area contributed by atoms with E-state index in [1.54, 1.807) is 12.1 Å². The van der Waals surface area contributed by atoms with Crippen molar-refractivity contribution in [2.24, 2.45) is 5.92 Å². The zero-order chi connectivity index (χ0) is 20.1. The van der Waals surface area contributed by atoms with Crippen LogP contribution in [0.5, 0.6) is 0 Å². The highest BCUT2D eigenvalue weighted by molar-refractivity contribution is 7.09. The summed E-state index contributed by atoms with van der Waals surface area (Å²) in [5.74, 6) is 0.671. The molecule has 29 heavy (non-hydrogen) atoms. The maximum atomic E-state index is 13.1. The highest BCUT2D eigenvalue weighted by atomic mass is 32.1. The third kappa shape index (κ3) is 5.51. The lowest BCUT2D eigenvalue weighted by Gasteiger charge is -2.31. The lowest BCUT2D eigenvalue weighted by Crippen LogP contribution is -2.44. The van der Waals surface area contributed by atoms with Crippen molar-refractivity contribution in [3.05, 3.63) is 41.5 Å². The zero-order valence-corrected chi connectivity index (χ0v) is 17.5. The largest absolute Gasteiger partial charge is 0.355 e. The van der Waals surface area contributed by atoms with Gasteiger partial charge in [-0.25, -0.2) is 9.37 Å². The van der Waals surface area contributed by atoms with Crippen LogP contribution < -0.4 is 10.2 Å². The van der Waals surface area contributed by atoms with E-state index in [1.165, 1.54) is 36.5 Å². The van der Waals surface area contributed by atoms with Gasteiger partial charge < -0.3 is 15.1 Å². The first-order valence-corrected chi connectivity index (χ1v) is 11.3. The van der Waals surface area contributed by atoms with Gasteiger partial charge in [0.2, 0.25) is 11.0 Å². The van der Waals surface area contributed by atoms with E-state index in [1.807, 2.05) is 0 Å². The predicted molar refractivity (Wildman–Crippen MR) is 113 cm³/mol. The molecule has 0 bridgehead atoms.